The van der Waals surface area contributed by atoms with Crippen molar-refractivity contribution in [3.05, 3.63) is 11.9 Å². The second-order valence-corrected chi connectivity index (χ2v) is 4.09. The van der Waals surface area contributed by atoms with Gasteiger partial charge < -0.3 is 4.90 Å². The maximum absolute atomic E-state index is 11.2. The summed E-state index contributed by atoms with van der Waals surface area (Å²) in [6.45, 7) is 2.09. The third-order valence-electron chi connectivity index (χ3n) is 2.94. The van der Waals surface area contributed by atoms with Gasteiger partial charge in [0.05, 0.1) is 12.2 Å². The van der Waals surface area contributed by atoms with Gasteiger partial charge in [-0.2, -0.15) is 0 Å². The van der Waals surface area contributed by atoms with E-state index in [9.17, 15) is 4.79 Å². The molecule has 1 aliphatic heterocycles. The lowest BCUT2D eigenvalue weighted by atomic mass is 10.1. The first kappa shape index (κ1) is 11.0. The number of hydrogen-bond acceptors (Lipinski definition) is 5. The molecule has 0 aliphatic carbocycles. The number of likely N-dealkylation sites (tertiary alicyclic amines) is 1. The van der Waals surface area contributed by atoms with Crippen LogP contribution in [0.1, 0.15) is 29.4 Å². The normalized spacial score (nSPS) is 18.6. The molecule has 88 valence electrons. The van der Waals surface area contributed by atoms with Crippen molar-refractivity contribution in [1.82, 2.24) is 25.3 Å². The molecule has 0 bridgehead atoms. The van der Waals surface area contributed by atoms with E-state index in [-0.39, 0.29) is 5.69 Å². The molecule has 1 fully saturated rings. The van der Waals surface area contributed by atoms with Crippen LogP contribution in [-0.2, 0) is 0 Å². The predicted molar refractivity (Wildman–Crippen MR) is 57.4 cm³/mol. The Morgan fingerprint density at radius 3 is 2.88 bits per heavy atom. The van der Waals surface area contributed by atoms with E-state index < -0.39 is 5.91 Å². The van der Waals surface area contributed by atoms with Crippen LogP contribution >= 0.6 is 0 Å². The van der Waals surface area contributed by atoms with Crippen molar-refractivity contribution in [3.8, 4) is 0 Å². The Balaban J connectivity index is 2.04. The largest absolute Gasteiger partial charge is 0.306 e. The lowest BCUT2D eigenvalue weighted by Gasteiger charge is -2.28. The third kappa shape index (κ3) is 2.20. The van der Waals surface area contributed by atoms with E-state index >= 15 is 0 Å². The zero-order valence-corrected chi connectivity index (χ0v) is 9.26. The van der Waals surface area contributed by atoms with Gasteiger partial charge in [0.15, 0.2) is 5.69 Å². The zero-order chi connectivity index (χ0) is 11.5. The van der Waals surface area contributed by atoms with Gasteiger partial charge in [-0.05, 0) is 33.0 Å². The second kappa shape index (κ2) is 4.58. The van der Waals surface area contributed by atoms with Crippen molar-refractivity contribution < 1.29 is 4.79 Å². The molecule has 1 aromatic heterocycles. The maximum Gasteiger partial charge on any atom is 0.287 e. The highest BCUT2D eigenvalue weighted by atomic mass is 16.2. The molecule has 1 aromatic rings. The Kier molecular flexibility index (Phi) is 3.16. The molecular weight excluding hydrogens is 208 g/mol. The minimum Gasteiger partial charge on any atom is -0.306 e. The highest BCUT2D eigenvalue weighted by molar-refractivity contribution is 5.91. The molecule has 0 unspecified atom stereocenters. The van der Waals surface area contributed by atoms with Gasteiger partial charge in [0.25, 0.3) is 5.91 Å². The monoisotopic (exact) mass is 224 g/mol. The van der Waals surface area contributed by atoms with Crippen LogP contribution in [0, 0.1) is 0 Å². The van der Waals surface area contributed by atoms with Crippen LogP contribution in [0.25, 0.3) is 0 Å². The first-order valence-corrected chi connectivity index (χ1v) is 5.32. The van der Waals surface area contributed by atoms with E-state index in [4.69, 9.17) is 5.84 Å². The lowest BCUT2D eigenvalue weighted by Crippen LogP contribution is -2.32. The summed E-state index contributed by atoms with van der Waals surface area (Å²) in [6, 6.07) is 0.336. The summed E-state index contributed by atoms with van der Waals surface area (Å²) in [5.41, 5.74) is 2.31. The minimum atomic E-state index is -0.404. The van der Waals surface area contributed by atoms with Gasteiger partial charge >= 0.3 is 0 Å². The summed E-state index contributed by atoms with van der Waals surface area (Å²) >= 11 is 0. The summed E-state index contributed by atoms with van der Waals surface area (Å²) in [6.07, 6.45) is 3.71. The summed E-state index contributed by atoms with van der Waals surface area (Å²) in [4.78, 5) is 13.5. The summed E-state index contributed by atoms with van der Waals surface area (Å²) in [7, 11) is 2.10. The standard InChI is InChI=1S/C9H16N6O/c1-14-4-2-7(3-5-14)15-6-8(12-13-15)9(16)11-10/h6-7H,2-5,10H2,1H3,(H,11,16). The van der Waals surface area contributed by atoms with Crippen LogP contribution in [0.15, 0.2) is 6.20 Å². The maximum atomic E-state index is 11.2. The summed E-state index contributed by atoms with van der Waals surface area (Å²) < 4.78 is 1.76. The first-order chi connectivity index (χ1) is 7.70. The van der Waals surface area contributed by atoms with E-state index in [0.717, 1.165) is 25.9 Å². The molecule has 7 heteroatoms. The number of nitrogens with zero attached hydrogens (tertiary/aromatic N) is 4. The molecule has 0 radical (unpaired) electrons. The highest BCUT2D eigenvalue weighted by Crippen LogP contribution is 2.20. The van der Waals surface area contributed by atoms with Crippen LogP contribution in [0.5, 0.6) is 0 Å². The van der Waals surface area contributed by atoms with Gasteiger partial charge in [-0.1, -0.05) is 5.21 Å². The molecule has 0 spiro atoms. The van der Waals surface area contributed by atoms with Crippen LogP contribution in [0.4, 0.5) is 0 Å². The number of nitrogens with two attached hydrogens (primary N) is 1. The smallest absolute Gasteiger partial charge is 0.287 e. The number of nitrogen functional groups attached to an aromatic ring is 1. The van der Waals surface area contributed by atoms with Crippen LogP contribution < -0.4 is 11.3 Å². The van der Waals surface area contributed by atoms with E-state index in [1.807, 2.05) is 5.43 Å². The van der Waals surface area contributed by atoms with Crippen molar-refractivity contribution in [3.63, 3.8) is 0 Å². The van der Waals surface area contributed by atoms with Crippen LogP contribution in [0.2, 0.25) is 0 Å². The Bertz CT molecular complexity index is 368. The van der Waals surface area contributed by atoms with Crippen molar-refractivity contribution >= 4 is 5.91 Å². The quantitative estimate of drug-likeness (QED) is 0.388. The van der Waals surface area contributed by atoms with E-state index in [0.29, 0.717) is 6.04 Å². The van der Waals surface area contributed by atoms with Gasteiger partial charge in [0.1, 0.15) is 0 Å². The average molecular weight is 224 g/mol. The molecular formula is C9H16N6O. The molecule has 1 amide bonds. The number of amides is 1. The molecule has 0 saturated carbocycles. The molecule has 1 saturated heterocycles. The van der Waals surface area contributed by atoms with Gasteiger partial charge in [0.2, 0.25) is 0 Å². The van der Waals surface area contributed by atoms with Gasteiger partial charge in [-0.25, -0.2) is 10.5 Å². The molecule has 3 N–H and O–H groups in total. The average Bonchev–Trinajstić information content (AvgIpc) is 2.78. The number of nitrogens with one attached hydrogen (secondary N) is 1. The molecule has 0 atom stereocenters. The molecule has 16 heavy (non-hydrogen) atoms. The Morgan fingerprint density at radius 1 is 1.56 bits per heavy atom. The Hall–Kier alpha value is -1.47. The first-order valence-electron chi connectivity index (χ1n) is 5.32. The fourth-order valence-electron chi connectivity index (χ4n) is 1.89. The predicted octanol–water partition coefficient (Wildman–Crippen LogP) is -0.852. The summed E-state index contributed by atoms with van der Waals surface area (Å²) in [5, 5.41) is 7.75. The number of carbonyl (C=O) groups excluding carboxylic acids is 1. The fourth-order valence-corrected chi connectivity index (χ4v) is 1.89. The van der Waals surface area contributed by atoms with Gasteiger partial charge in [-0.15, -0.1) is 5.10 Å². The lowest BCUT2D eigenvalue weighted by molar-refractivity contribution is 0.0948. The summed E-state index contributed by atoms with van der Waals surface area (Å²) in [5.74, 6) is 4.62. The topological polar surface area (TPSA) is 89.1 Å². The van der Waals surface area contributed by atoms with Crippen molar-refractivity contribution in [1.29, 1.82) is 0 Å². The van der Waals surface area contributed by atoms with Crippen molar-refractivity contribution in [2.75, 3.05) is 20.1 Å². The Labute approximate surface area is 93.6 Å². The number of hydrogen-bond donors (Lipinski definition) is 2. The molecule has 7 nitrogen and oxygen atoms in total. The molecule has 0 aromatic carbocycles. The number of aromatic nitrogens is 3. The SMILES string of the molecule is CN1CCC(n2cc(C(=O)NN)nn2)CC1. The van der Waals surface area contributed by atoms with E-state index in [2.05, 4.69) is 22.3 Å². The van der Waals surface area contributed by atoms with Gasteiger partial charge in [0, 0.05) is 0 Å². The van der Waals surface area contributed by atoms with E-state index in [1.165, 1.54) is 0 Å². The number of piperidine rings is 1. The van der Waals surface area contributed by atoms with E-state index in [1.54, 1.807) is 10.9 Å². The number of rotatable bonds is 2. The second-order valence-electron chi connectivity index (χ2n) is 4.09. The third-order valence-corrected chi connectivity index (χ3v) is 2.94. The minimum absolute atomic E-state index is 0.265. The number of carbonyl (C=O) groups is 1. The Morgan fingerprint density at radius 2 is 2.25 bits per heavy atom. The van der Waals surface area contributed by atoms with Gasteiger partial charge in [-0.3, -0.25) is 10.2 Å². The fraction of sp³-hybridized carbons (Fsp3) is 0.667. The number of hydrazine groups is 1. The van der Waals surface area contributed by atoms with Crippen LogP contribution in [-0.4, -0.2) is 45.9 Å². The van der Waals surface area contributed by atoms with Crippen molar-refractivity contribution in [2.45, 2.75) is 18.9 Å². The van der Waals surface area contributed by atoms with Crippen LogP contribution in [0.3, 0.4) is 0 Å². The van der Waals surface area contributed by atoms with Crippen molar-refractivity contribution in [2.24, 2.45) is 5.84 Å². The molecule has 1 aliphatic rings. The molecule has 2 heterocycles. The zero-order valence-electron chi connectivity index (χ0n) is 9.26. The highest BCUT2D eigenvalue weighted by Gasteiger charge is 2.20. The molecule has 2 rings (SSSR count).